The van der Waals surface area contributed by atoms with Gasteiger partial charge in [-0.1, -0.05) is 46.1 Å². The predicted molar refractivity (Wildman–Crippen MR) is 204 cm³/mol. The highest BCUT2D eigenvalue weighted by Crippen LogP contribution is 2.46. The minimum atomic E-state index is -3.89. The number of pyridine rings is 1. The fourth-order valence-corrected chi connectivity index (χ4v) is 10.2. The van der Waals surface area contributed by atoms with Crippen LogP contribution in [-0.2, 0) is 29.1 Å². The second kappa shape index (κ2) is 14.9. The largest absolute Gasteiger partial charge is 0.496 e. The molecule has 298 valence electrons. The Labute approximate surface area is 322 Å². The molecule has 1 aromatic carbocycles. The van der Waals surface area contributed by atoms with Crippen molar-refractivity contribution in [1.82, 2.24) is 25.2 Å². The molecule has 3 heterocycles. The van der Waals surface area contributed by atoms with Crippen molar-refractivity contribution in [2.75, 3.05) is 20.3 Å². The van der Waals surface area contributed by atoms with E-state index in [9.17, 15) is 27.6 Å². The minimum absolute atomic E-state index is 0.00151. The van der Waals surface area contributed by atoms with Crippen LogP contribution in [0.25, 0.3) is 10.8 Å². The number of hydrogen-bond donors (Lipinski definition) is 3. The van der Waals surface area contributed by atoms with Crippen molar-refractivity contribution < 1.29 is 41.8 Å². The Morgan fingerprint density at radius 3 is 2.53 bits per heavy atom. The molecule has 3 N–H and O–H groups in total. The lowest BCUT2D eigenvalue weighted by atomic mass is 9.80. The number of alkyl carbamates (subject to hydrolysis) is 1. The SMILES string of the molecule is C=C[C@@H]1C[C@]1(NC(=O)[C@@H]1C[C@@H]2CN1C(=O)[C@H](C1CCCCC1)NC(=O)OCC(C)(C)CC(C)c1cc3c(nccc3cc1OC)O2)C(=O)NS(=O)(=O)C1CC1. The summed E-state index contributed by atoms with van der Waals surface area (Å²) in [7, 11) is -2.27. The first kappa shape index (κ1) is 38.9. The monoisotopic (exact) mass is 779 g/mol. The van der Waals surface area contributed by atoms with Gasteiger partial charge in [-0.25, -0.2) is 18.2 Å². The zero-order valence-corrected chi connectivity index (χ0v) is 32.9. The second-order valence-electron chi connectivity index (χ2n) is 17.0. The fraction of sp³-hybridized carbons (Fsp3) is 0.625. The lowest BCUT2D eigenvalue weighted by Crippen LogP contribution is -2.59. The molecule has 0 spiro atoms. The Kier molecular flexibility index (Phi) is 10.5. The quantitative estimate of drug-likeness (QED) is 0.324. The number of benzene rings is 1. The summed E-state index contributed by atoms with van der Waals surface area (Å²) in [6.45, 7) is 10.0. The van der Waals surface area contributed by atoms with Gasteiger partial charge in [0.2, 0.25) is 27.7 Å². The fourth-order valence-electron chi connectivity index (χ4n) is 8.85. The van der Waals surface area contributed by atoms with Gasteiger partial charge in [-0.3, -0.25) is 19.1 Å². The highest BCUT2D eigenvalue weighted by atomic mass is 32.2. The van der Waals surface area contributed by atoms with Gasteiger partial charge in [0.05, 0.1) is 25.5 Å². The van der Waals surface area contributed by atoms with E-state index in [0.29, 0.717) is 43.7 Å². The van der Waals surface area contributed by atoms with Gasteiger partial charge in [-0.05, 0) is 84.9 Å². The van der Waals surface area contributed by atoms with Crippen LogP contribution in [0.1, 0.15) is 96.5 Å². The van der Waals surface area contributed by atoms with E-state index in [4.69, 9.17) is 14.2 Å². The maximum atomic E-state index is 14.8. The summed E-state index contributed by atoms with van der Waals surface area (Å²) < 4.78 is 46.0. The molecule has 2 aromatic rings. The number of rotatable bonds is 8. The maximum Gasteiger partial charge on any atom is 0.407 e. The Morgan fingerprint density at radius 1 is 1.11 bits per heavy atom. The molecule has 0 radical (unpaired) electrons. The van der Waals surface area contributed by atoms with E-state index in [1.807, 2.05) is 32.0 Å². The lowest BCUT2D eigenvalue weighted by molar-refractivity contribution is -0.142. The van der Waals surface area contributed by atoms with E-state index >= 15 is 0 Å². The second-order valence-corrected chi connectivity index (χ2v) is 18.9. The molecule has 6 atom stereocenters. The number of carbonyl (C=O) groups excluding carboxylic acids is 4. The molecule has 1 aromatic heterocycles. The average molecular weight is 780 g/mol. The van der Waals surface area contributed by atoms with Gasteiger partial charge >= 0.3 is 6.09 Å². The van der Waals surface area contributed by atoms with E-state index < -0.39 is 74.1 Å². The van der Waals surface area contributed by atoms with Crippen molar-refractivity contribution in [2.45, 2.75) is 120 Å². The lowest BCUT2D eigenvalue weighted by Gasteiger charge is -2.35. The van der Waals surface area contributed by atoms with E-state index in [0.717, 1.165) is 35.6 Å². The summed E-state index contributed by atoms with van der Waals surface area (Å²) in [6, 6.07) is 3.73. The average Bonchev–Trinajstić information content (AvgIpc) is 4.09. The third kappa shape index (κ3) is 7.99. The molecule has 4 amide bonds. The molecule has 4 fully saturated rings. The van der Waals surface area contributed by atoms with Gasteiger partial charge in [0, 0.05) is 23.9 Å². The molecule has 55 heavy (non-hydrogen) atoms. The van der Waals surface area contributed by atoms with Crippen LogP contribution in [0.15, 0.2) is 37.1 Å². The molecular weight excluding hydrogens is 727 g/mol. The number of hydrogen-bond acceptors (Lipinski definition) is 10. The summed E-state index contributed by atoms with van der Waals surface area (Å²) in [6.07, 6.45) is 7.82. The molecule has 1 unspecified atom stereocenters. The third-order valence-electron chi connectivity index (χ3n) is 12.1. The van der Waals surface area contributed by atoms with Crippen molar-refractivity contribution in [3.63, 3.8) is 0 Å². The number of carbonyl (C=O) groups is 4. The van der Waals surface area contributed by atoms with Gasteiger partial charge in [0.1, 0.15) is 29.5 Å². The molecule has 2 aliphatic heterocycles. The predicted octanol–water partition coefficient (Wildman–Crippen LogP) is 4.47. The van der Waals surface area contributed by atoms with Gasteiger partial charge < -0.3 is 29.7 Å². The van der Waals surface area contributed by atoms with E-state index in [2.05, 4.69) is 33.8 Å². The molecule has 7 rings (SSSR count). The first-order valence-electron chi connectivity index (χ1n) is 19.5. The molecule has 3 aliphatic carbocycles. The Bertz CT molecular complexity index is 1980. The zero-order chi connectivity index (χ0) is 39.3. The smallest absolute Gasteiger partial charge is 0.407 e. The van der Waals surface area contributed by atoms with Crippen LogP contribution in [-0.4, -0.2) is 91.4 Å². The van der Waals surface area contributed by atoms with Gasteiger partial charge in [-0.15, -0.1) is 6.58 Å². The first-order valence-corrected chi connectivity index (χ1v) is 21.1. The van der Waals surface area contributed by atoms with Crippen LogP contribution in [0.3, 0.4) is 0 Å². The minimum Gasteiger partial charge on any atom is -0.496 e. The van der Waals surface area contributed by atoms with Crippen LogP contribution in [0.2, 0.25) is 0 Å². The van der Waals surface area contributed by atoms with Crippen LogP contribution in [0.4, 0.5) is 4.79 Å². The van der Waals surface area contributed by atoms with Crippen molar-refractivity contribution in [2.24, 2.45) is 17.3 Å². The van der Waals surface area contributed by atoms with Crippen LogP contribution in [0.5, 0.6) is 11.6 Å². The topological polar surface area (TPSA) is 182 Å². The molecule has 4 bridgehead atoms. The number of fused-ring (bicyclic) bond motifs is 3. The summed E-state index contributed by atoms with van der Waals surface area (Å²) >= 11 is 0. The first-order chi connectivity index (χ1) is 26.1. The van der Waals surface area contributed by atoms with Crippen molar-refractivity contribution in [3.8, 4) is 11.6 Å². The summed E-state index contributed by atoms with van der Waals surface area (Å²) in [4.78, 5) is 62.4. The zero-order valence-electron chi connectivity index (χ0n) is 32.1. The molecular formula is C40H53N5O9S. The Hall–Kier alpha value is -4.40. The van der Waals surface area contributed by atoms with Gasteiger partial charge in [0.25, 0.3) is 5.91 Å². The van der Waals surface area contributed by atoms with E-state index in [1.54, 1.807) is 13.3 Å². The number of nitrogens with zero attached hydrogens (tertiary/aromatic N) is 2. The van der Waals surface area contributed by atoms with Gasteiger partial charge in [0.15, 0.2) is 0 Å². The van der Waals surface area contributed by atoms with Crippen LogP contribution < -0.4 is 24.8 Å². The van der Waals surface area contributed by atoms with Gasteiger partial charge in [-0.2, -0.15) is 0 Å². The number of ether oxygens (including phenoxy) is 3. The van der Waals surface area contributed by atoms with Crippen LogP contribution >= 0.6 is 0 Å². The molecule has 15 heteroatoms. The summed E-state index contributed by atoms with van der Waals surface area (Å²) in [5, 5.41) is 6.68. The van der Waals surface area contributed by atoms with E-state index in [-0.39, 0.29) is 37.8 Å². The molecule has 1 saturated heterocycles. The molecule has 3 saturated carbocycles. The third-order valence-corrected chi connectivity index (χ3v) is 13.9. The number of amides is 4. The standard InChI is InChI=1S/C40H53N5O9S/c1-6-26-20-40(26,37(48)44-55(50,51)28-12-13-28)43-34(46)31-17-27-21-45(31)36(47)33(24-10-8-7-9-11-24)42-38(49)53-22-39(3,4)19-23(2)29-18-30-25(16-32(29)52-5)14-15-41-35(30)54-27/h6,14-16,18,23-24,26-28,31,33H,1,7-13,17,19-22H2,2-5H3,(H,42,49)(H,43,46)(H,44,48)/t23?,26-,27-,31+,33+,40-/m1/s1. The number of cyclic esters (lactones) is 1. The highest BCUT2D eigenvalue weighted by molar-refractivity contribution is 7.91. The Balaban J connectivity index is 1.25. The van der Waals surface area contributed by atoms with Crippen LogP contribution in [0, 0.1) is 17.3 Å². The van der Waals surface area contributed by atoms with Crippen molar-refractivity contribution in [3.05, 3.63) is 42.6 Å². The van der Waals surface area contributed by atoms with E-state index in [1.165, 1.54) is 11.0 Å². The normalized spacial score (nSPS) is 30.0. The molecule has 5 aliphatic rings. The number of aromatic nitrogens is 1. The highest BCUT2D eigenvalue weighted by Gasteiger charge is 2.62. The number of sulfonamides is 1. The number of nitrogens with one attached hydrogen (secondary N) is 3. The van der Waals surface area contributed by atoms with Crippen molar-refractivity contribution in [1.29, 1.82) is 0 Å². The van der Waals surface area contributed by atoms with Crippen molar-refractivity contribution >= 4 is 44.6 Å². The summed E-state index contributed by atoms with van der Waals surface area (Å²) in [5.41, 5.74) is -1.05. The summed E-state index contributed by atoms with van der Waals surface area (Å²) in [5.74, 6) is -1.56. The Morgan fingerprint density at radius 2 is 1.85 bits per heavy atom. The molecule has 14 nitrogen and oxygen atoms in total. The number of methoxy groups -OCH3 is 1. The maximum absolute atomic E-state index is 14.8.